The maximum atomic E-state index is 4.21. The van der Waals surface area contributed by atoms with E-state index in [4.69, 9.17) is 0 Å². The fraction of sp³-hybridized carbons (Fsp3) is 0.400. The number of hydrogen-bond donors (Lipinski definition) is 1. The van der Waals surface area contributed by atoms with Crippen LogP contribution in [0.25, 0.3) is 0 Å². The quantitative estimate of drug-likeness (QED) is 0.836. The van der Waals surface area contributed by atoms with Crippen molar-refractivity contribution in [3.63, 3.8) is 0 Å². The zero-order valence-electron chi connectivity index (χ0n) is 8.68. The number of aromatic nitrogens is 3. The molecule has 2 heterocycles. The molecule has 2 rings (SSSR count). The smallest absolute Gasteiger partial charge is 0.106 e. The Labute approximate surface area is 93.0 Å². The summed E-state index contributed by atoms with van der Waals surface area (Å²) in [5.41, 5.74) is 1.22. The van der Waals surface area contributed by atoms with Crippen LogP contribution in [-0.2, 0) is 19.6 Å². The molecule has 1 N–H and O–H groups in total. The first-order chi connectivity index (χ1) is 7.40. The average molecular weight is 222 g/mol. The van der Waals surface area contributed by atoms with E-state index in [1.807, 2.05) is 24.1 Å². The lowest BCUT2D eigenvalue weighted by Crippen LogP contribution is -2.15. The molecule has 2 aromatic heterocycles. The first-order valence-corrected chi connectivity index (χ1v) is 5.86. The molecular formula is C10H14N4S. The molecule has 5 heteroatoms. The highest BCUT2D eigenvalue weighted by Gasteiger charge is 2.00. The Morgan fingerprint density at radius 2 is 2.40 bits per heavy atom. The van der Waals surface area contributed by atoms with Crippen molar-refractivity contribution in [3.05, 3.63) is 34.8 Å². The highest BCUT2D eigenvalue weighted by Crippen LogP contribution is 2.04. The predicted octanol–water partition coefficient (Wildman–Crippen LogP) is 1.65. The molecule has 0 amide bonds. The minimum atomic E-state index is 0.826. The summed E-state index contributed by atoms with van der Waals surface area (Å²) in [6.07, 6.45) is 5.59. The van der Waals surface area contributed by atoms with E-state index in [9.17, 15) is 0 Å². The second kappa shape index (κ2) is 5.04. The zero-order chi connectivity index (χ0) is 10.5. The molecule has 0 spiro atoms. The highest BCUT2D eigenvalue weighted by molar-refractivity contribution is 7.09. The van der Waals surface area contributed by atoms with E-state index in [1.54, 1.807) is 11.3 Å². The molecule has 80 valence electrons. The van der Waals surface area contributed by atoms with Gasteiger partial charge in [-0.3, -0.25) is 0 Å². The summed E-state index contributed by atoms with van der Waals surface area (Å²) in [7, 11) is 0. The Bertz CT molecular complexity index is 393. The number of nitrogens with one attached hydrogen (secondary N) is 1. The maximum Gasteiger partial charge on any atom is 0.106 e. The van der Waals surface area contributed by atoms with Gasteiger partial charge in [-0.1, -0.05) is 0 Å². The zero-order valence-corrected chi connectivity index (χ0v) is 9.50. The van der Waals surface area contributed by atoms with E-state index >= 15 is 0 Å². The van der Waals surface area contributed by atoms with Gasteiger partial charge in [0, 0.05) is 37.4 Å². The number of thiazole rings is 1. The molecule has 2 aromatic rings. The van der Waals surface area contributed by atoms with Gasteiger partial charge in [-0.25, -0.2) is 9.97 Å². The van der Waals surface area contributed by atoms with E-state index in [0.29, 0.717) is 0 Å². The van der Waals surface area contributed by atoms with Crippen LogP contribution < -0.4 is 5.32 Å². The number of imidazole rings is 1. The molecule has 0 saturated heterocycles. The van der Waals surface area contributed by atoms with E-state index in [-0.39, 0.29) is 0 Å². The lowest BCUT2D eigenvalue weighted by Gasteiger charge is -2.05. The largest absolute Gasteiger partial charge is 0.334 e. The lowest BCUT2D eigenvalue weighted by molar-refractivity contribution is 0.627. The van der Waals surface area contributed by atoms with Crippen molar-refractivity contribution < 1.29 is 0 Å². The Morgan fingerprint density at radius 1 is 1.47 bits per heavy atom. The van der Waals surface area contributed by atoms with E-state index in [2.05, 4.69) is 26.8 Å². The van der Waals surface area contributed by atoms with Gasteiger partial charge >= 0.3 is 0 Å². The van der Waals surface area contributed by atoms with Crippen molar-refractivity contribution in [1.29, 1.82) is 0 Å². The van der Waals surface area contributed by atoms with Gasteiger partial charge in [-0.05, 0) is 6.92 Å². The van der Waals surface area contributed by atoms with Crippen molar-refractivity contribution in [2.45, 2.75) is 26.6 Å². The SMILES string of the molecule is CCn1cncc1CNCc1nccs1. The molecule has 0 aliphatic rings. The standard InChI is InChI=1S/C10H14N4S/c1-2-14-8-12-6-9(14)5-11-7-10-13-3-4-15-10/h3-4,6,8,11H,2,5,7H2,1H3. The van der Waals surface area contributed by atoms with E-state index in [0.717, 1.165) is 24.6 Å². The van der Waals surface area contributed by atoms with Crippen LogP contribution in [0.3, 0.4) is 0 Å². The van der Waals surface area contributed by atoms with Gasteiger partial charge in [0.25, 0.3) is 0 Å². The monoisotopic (exact) mass is 222 g/mol. The van der Waals surface area contributed by atoms with Gasteiger partial charge in [-0.15, -0.1) is 11.3 Å². The molecule has 0 radical (unpaired) electrons. The summed E-state index contributed by atoms with van der Waals surface area (Å²) in [6, 6.07) is 0. The van der Waals surface area contributed by atoms with Crippen LogP contribution in [0, 0.1) is 0 Å². The summed E-state index contributed by atoms with van der Waals surface area (Å²) in [5.74, 6) is 0. The lowest BCUT2D eigenvalue weighted by atomic mass is 10.4. The third-order valence-corrected chi connectivity index (χ3v) is 2.98. The van der Waals surface area contributed by atoms with Gasteiger partial charge in [0.1, 0.15) is 5.01 Å². The summed E-state index contributed by atoms with van der Waals surface area (Å²) in [5, 5.41) is 6.47. The average Bonchev–Trinajstić information content (AvgIpc) is 2.88. The fourth-order valence-electron chi connectivity index (χ4n) is 1.42. The Morgan fingerprint density at radius 3 is 3.13 bits per heavy atom. The first-order valence-electron chi connectivity index (χ1n) is 4.98. The topological polar surface area (TPSA) is 42.7 Å². The molecule has 4 nitrogen and oxygen atoms in total. The molecule has 0 unspecified atom stereocenters. The first kappa shape index (κ1) is 10.3. The van der Waals surface area contributed by atoms with Crippen molar-refractivity contribution in [2.24, 2.45) is 0 Å². The molecule has 0 fully saturated rings. The third-order valence-electron chi connectivity index (χ3n) is 2.21. The van der Waals surface area contributed by atoms with Crippen LogP contribution in [0.2, 0.25) is 0 Å². The molecule has 0 aromatic carbocycles. The van der Waals surface area contributed by atoms with Crippen LogP contribution in [0.15, 0.2) is 24.1 Å². The van der Waals surface area contributed by atoms with Crippen LogP contribution in [-0.4, -0.2) is 14.5 Å². The normalized spacial score (nSPS) is 10.7. The number of rotatable bonds is 5. The fourth-order valence-corrected chi connectivity index (χ4v) is 2.00. The molecule has 0 aliphatic heterocycles. The predicted molar refractivity (Wildman–Crippen MR) is 60.6 cm³/mol. The molecule has 15 heavy (non-hydrogen) atoms. The minimum Gasteiger partial charge on any atom is -0.334 e. The second-order valence-electron chi connectivity index (χ2n) is 3.20. The van der Waals surface area contributed by atoms with Crippen LogP contribution in [0.4, 0.5) is 0 Å². The minimum absolute atomic E-state index is 0.826. The Hall–Kier alpha value is -1.20. The number of aryl methyl sites for hydroxylation is 1. The number of hydrogen-bond acceptors (Lipinski definition) is 4. The molecule has 0 saturated carbocycles. The number of nitrogens with zero attached hydrogens (tertiary/aromatic N) is 3. The van der Waals surface area contributed by atoms with Crippen LogP contribution >= 0.6 is 11.3 Å². The third kappa shape index (κ3) is 2.64. The molecular weight excluding hydrogens is 208 g/mol. The van der Waals surface area contributed by atoms with E-state index in [1.165, 1.54) is 5.69 Å². The summed E-state index contributed by atoms with van der Waals surface area (Å²) < 4.78 is 2.13. The van der Waals surface area contributed by atoms with Crippen molar-refractivity contribution in [1.82, 2.24) is 19.9 Å². The van der Waals surface area contributed by atoms with Gasteiger partial charge in [0.05, 0.1) is 12.0 Å². The van der Waals surface area contributed by atoms with Crippen molar-refractivity contribution in [3.8, 4) is 0 Å². The van der Waals surface area contributed by atoms with Crippen LogP contribution in [0.5, 0.6) is 0 Å². The van der Waals surface area contributed by atoms with Crippen molar-refractivity contribution >= 4 is 11.3 Å². The van der Waals surface area contributed by atoms with Crippen molar-refractivity contribution in [2.75, 3.05) is 0 Å². The summed E-state index contributed by atoms with van der Waals surface area (Å²) in [4.78, 5) is 8.33. The second-order valence-corrected chi connectivity index (χ2v) is 4.18. The van der Waals surface area contributed by atoms with Gasteiger partial charge in [0.2, 0.25) is 0 Å². The maximum absolute atomic E-state index is 4.21. The van der Waals surface area contributed by atoms with Gasteiger partial charge in [0.15, 0.2) is 0 Å². The molecule has 0 aliphatic carbocycles. The van der Waals surface area contributed by atoms with Crippen LogP contribution in [0.1, 0.15) is 17.6 Å². The Balaban J connectivity index is 1.83. The van der Waals surface area contributed by atoms with Gasteiger partial charge < -0.3 is 9.88 Å². The van der Waals surface area contributed by atoms with Gasteiger partial charge in [-0.2, -0.15) is 0 Å². The summed E-state index contributed by atoms with van der Waals surface area (Å²) >= 11 is 1.67. The van der Waals surface area contributed by atoms with E-state index < -0.39 is 0 Å². The highest BCUT2D eigenvalue weighted by atomic mass is 32.1. The molecule has 0 atom stereocenters. The molecule has 0 bridgehead atoms. The summed E-state index contributed by atoms with van der Waals surface area (Å²) in [6.45, 7) is 4.75. The Kier molecular flexibility index (Phi) is 3.47.